The summed E-state index contributed by atoms with van der Waals surface area (Å²) >= 11 is 4.33. The van der Waals surface area contributed by atoms with Crippen LogP contribution in [0.2, 0.25) is 0 Å². The molecule has 0 atom stereocenters. The van der Waals surface area contributed by atoms with E-state index in [4.69, 9.17) is 14.2 Å². The maximum Gasteiger partial charge on any atom is 0.348 e. The summed E-state index contributed by atoms with van der Waals surface area (Å²) in [4.78, 5) is 45.8. The second-order valence-corrected chi connectivity index (χ2v) is 8.31. The monoisotopic (exact) mass is 521 g/mol. The molecule has 32 heavy (non-hydrogen) atoms. The molecule has 0 fully saturated rings. The number of nitrogens with one attached hydrogen (secondary N) is 1. The van der Waals surface area contributed by atoms with E-state index in [0.717, 1.165) is 15.8 Å². The van der Waals surface area contributed by atoms with Crippen LogP contribution in [0.5, 0.6) is 5.88 Å². The zero-order valence-corrected chi connectivity index (χ0v) is 20.0. The Hall–Kier alpha value is -3.05. The topological polar surface area (TPSA) is 117 Å². The fourth-order valence-electron chi connectivity index (χ4n) is 2.86. The number of halogens is 1. The number of benzene rings is 1. The number of nitrogens with zero attached hydrogens (tertiary/aromatic N) is 2. The van der Waals surface area contributed by atoms with Crippen LogP contribution in [-0.2, 0) is 14.3 Å². The van der Waals surface area contributed by atoms with Gasteiger partial charge in [-0.05, 0) is 44.5 Å². The number of aromatic nitrogens is 2. The fraction of sp³-hybridized carbons (Fsp3) is 0.286. The number of carbonyl (C=O) groups excluding carboxylic acids is 3. The van der Waals surface area contributed by atoms with Crippen LogP contribution >= 0.6 is 27.3 Å². The molecule has 1 aromatic carbocycles. The predicted molar refractivity (Wildman–Crippen MR) is 122 cm³/mol. The number of anilines is 1. The van der Waals surface area contributed by atoms with Crippen molar-refractivity contribution in [3.05, 3.63) is 45.0 Å². The Labute approximate surface area is 196 Å². The Balaban J connectivity index is 1.81. The minimum Gasteiger partial charge on any atom is -0.467 e. The smallest absolute Gasteiger partial charge is 0.348 e. The first kappa shape index (κ1) is 23.6. The van der Waals surface area contributed by atoms with Crippen LogP contribution in [-0.4, -0.2) is 47.6 Å². The lowest BCUT2D eigenvalue weighted by molar-refractivity contribution is -0.118. The number of thiophene rings is 1. The summed E-state index contributed by atoms with van der Waals surface area (Å²) in [5.74, 6) is -1.50. The summed E-state index contributed by atoms with van der Waals surface area (Å²) < 4.78 is 16.5. The van der Waals surface area contributed by atoms with Gasteiger partial charge in [-0.3, -0.25) is 4.79 Å². The Morgan fingerprint density at radius 3 is 2.53 bits per heavy atom. The first-order chi connectivity index (χ1) is 15.3. The number of amides is 1. The summed E-state index contributed by atoms with van der Waals surface area (Å²) in [5, 5.41) is 3.46. The van der Waals surface area contributed by atoms with E-state index in [1.54, 1.807) is 32.9 Å². The van der Waals surface area contributed by atoms with Gasteiger partial charge < -0.3 is 19.5 Å². The van der Waals surface area contributed by atoms with Crippen molar-refractivity contribution >= 4 is 61.0 Å². The SMILES string of the molecule is CCOC(=O)c1sc(NC(=O)COc2ncnc3ccc(Br)cc23)c(C(=O)OCC)c1C. The molecule has 0 saturated heterocycles. The van der Waals surface area contributed by atoms with Crippen LogP contribution in [0.4, 0.5) is 5.00 Å². The third-order valence-corrected chi connectivity index (χ3v) is 5.92. The molecule has 0 aliphatic carbocycles. The van der Waals surface area contributed by atoms with Gasteiger partial charge in [0.15, 0.2) is 6.61 Å². The van der Waals surface area contributed by atoms with Crippen molar-refractivity contribution < 1.29 is 28.6 Å². The molecule has 9 nitrogen and oxygen atoms in total. The largest absolute Gasteiger partial charge is 0.467 e. The highest BCUT2D eigenvalue weighted by Gasteiger charge is 2.27. The molecule has 2 aromatic heterocycles. The molecule has 0 radical (unpaired) electrons. The van der Waals surface area contributed by atoms with Crippen LogP contribution in [0.3, 0.4) is 0 Å². The number of rotatable bonds is 8. The quantitative estimate of drug-likeness (QED) is 0.439. The van der Waals surface area contributed by atoms with E-state index in [1.165, 1.54) is 6.33 Å². The van der Waals surface area contributed by atoms with Gasteiger partial charge in [-0.2, -0.15) is 0 Å². The van der Waals surface area contributed by atoms with E-state index in [0.29, 0.717) is 16.5 Å². The normalized spacial score (nSPS) is 10.6. The number of esters is 2. The van der Waals surface area contributed by atoms with Gasteiger partial charge in [0.05, 0.1) is 29.7 Å². The number of hydrogen-bond donors (Lipinski definition) is 1. The predicted octanol–water partition coefficient (Wildman–Crippen LogP) is 4.13. The van der Waals surface area contributed by atoms with E-state index >= 15 is 0 Å². The number of carbonyl (C=O) groups is 3. The molecule has 0 bridgehead atoms. The average molecular weight is 522 g/mol. The van der Waals surface area contributed by atoms with Gasteiger partial charge in [-0.25, -0.2) is 19.6 Å². The van der Waals surface area contributed by atoms with Crippen molar-refractivity contribution in [1.29, 1.82) is 0 Å². The molecule has 3 rings (SSSR count). The number of fused-ring (bicyclic) bond motifs is 1. The van der Waals surface area contributed by atoms with Crippen molar-refractivity contribution in [2.24, 2.45) is 0 Å². The summed E-state index contributed by atoms with van der Waals surface area (Å²) in [6.45, 7) is 4.92. The highest BCUT2D eigenvalue weighted by Crippen LogP contribution is 2.34. The highest BCUT2D eigenvalue weighted by molar-refractivity contribution is 9.10. The Morgan fingerprint density at radius 1 is 1.09 bits per heavy atom. The first-order valence-corrected chi connectivity index (χ1v) is 11.3. The van der Waals surface area contributed by atoms with Crippen LogP contribution in [0.15, 0.2) is 29.0 Å². The highest BCUT2D eigenvalue weighted by atomic mass is 79.9. The third kappa shape index (κ3) is 5.22. The Bertz CT molecular complexity index is 1180. The van der Waals surface area contributed by atoms with Crippen molar-refractivity contribution in [2.75, 3.05) is 25.1 Å². The van der Waals surface area contributed by atoms with Gasteiger partial charge in [0.2, 0.25) is 5.88 Å². The van der Waals surface area contributed by atoms with E-state index in [-0.39, 0.29) is 41.1 Å². The van der Waals surface area contributed by atoms with E-state index in [2.05, 4.69) is 31.2 Å². The van der Waals surface area contributed by atoms with Crippen molar-refractivity contribution in [3.63, 3.8) is 0 Å². The van der Waals surface area contributed by atoms with E-state index in [9.17, 15) is 14.4 Å². The molecular formula is C21H20BrN3O6S. The minimum atomic E-state index is -0.639. The molecule has 11 heteroatoms. The average Bonchev–Trinajstić information content (AvgIpc) is 3.08. The summed E-state index contributed by atoms with van der Waals surface area (Å²) in [7, 11) is 0. The maximum absolute atomic E-state index is 12.6. The Kier molecular flexibility index (Phi) is 7.75. The van der Waals surface area contributed by atoms with E-state index in [1.807, 2.05) is 6.07 Å². The summed E-state index contributed by atoms with van der Waals surface area (Å²) in [6.07, 6.45) is 1.34. The standard InChI is InChI=1S/C21H20BrN3O6S/c1-4-29-20(27)16-11(3)17(21(28)30-5-2)32-19(16)25-15(26)9-31-18-13-8-12(22)6-7-14(13)23-10-24-18/h6-8,10H,4-5,9H2,1-3H3,(H,25,26). The van der Waals surface area contributed by atoms with Crippen LogP contribution in [0.1, 0.15) is 39.4 Å². The van der Waals surface area contributed by atoms with Gasteiger partial charge in [0, 0.05) is 4.47 Å². The van der Waals surface area contributed by atoms with E-state index < -0.39 is 17.8 Å². The molecular weight excluding hydrogens is 502 g/mol. The molecule has 3 aromatic rings. The van der Waals surface area contributed by atoms with Crippen LogP contribution in [0, 0.1) is 6.92 Å². The zero-order chi connectivity index (χ0) is 23.3. The molecule has 0 aliphatic rings. The van der Waals surface area contributed by atoms with Gasteiger partial charge in [-0.1, -0.05) is 15.9 Å². The number of hydrogen-bond acceptors (Lipinski definition) is 9. The summed E-state index contributed by atoms with van der Waals surface area (Å²) in [5.41, 5.74) is 1.16. The summed E-state index contributed by atoms with van der Waals surface area (Å²) in [6, 6.07) is 5.42. The van der Waals surface area contributed by atoms with Crippen molar-refractivity contribution in [3.8, 4) is 5.88 Å². The van der Waals surface area contributed by atoms with Gasteiger partial charge in [-0.15, -0.1) is 11.3 Å². The maximum atomic E-state index is 12.6. The van der Waals surface area contributed by atoms with Crippen LogP contribution < -0.4 is 10.1 Å². The molecule has 168 valence electrons. The van der Waals surface area contributed by atoms with Gasteiger partial charge in [0.1, 0.15) is 16.2 Å². The second-order valence-electron chi connectivity index (χ2n) is 6.38. The molecule has 0 unspecified atom stereocenters. The van der Waals surface area contributed by atoms with Crippen LogP contribution in [0.25, 0.3) is 10.9 Å². The molecule has 0 aliphatic heterocycles. The number of ether oxygens (including phenoxy) is 3. The third-order valence-electron chi connectivity index (χ3n) is 4.24. The molecule has 1 N–H and O–H groups in total. The zero-order valence-electron chi connectivity index (χ0n) is 17.6. The molecule has 0 saturated carbocycles. The van der Waals surface area contributed by atoms with Crippen molar-refractivity contribution in [1.82, 2.24) is 9.97 Å². The lowest BCUT2D eigenvalue weighted by Crippen LogP contribution is -2.21. The van der Waals surface area contributed by atoms with Crippen molar-refractivity contribution in [2.45, 2.75) is 20.8 Å². The first-order valence-electron chi connectivity index (χ1n) is 9.66. The Morgan fingerprint density at radius 2 is 1.81 bits per heavy atom. The lowest BCUT2D eigenvalue weighted by atomic mass is 10.1. The molecule has 2 heterocycles. The second kappa shape index (κ2) is 10.5. The molecule has 1 amide bonds. The van der Waals surface area contributed by atoms with Gasteiger partial charge >= 0.3 is 11.9 Å². The lowest BCUT2D eigenvalue weighted by Gasteiger charge is -2.09. The van der Waals surface area contributed by atoms with Gasteiger partial charge in [0.25, 0.3) is 5.91 Å². The molecule has 0 spiro atoms. The fourth-order valence-corrected chi connectivity index (χ4v) is 4.32. The minimum absolute atomic E-state index is 0.115.